The quantitative estimate of drug-likeness (QED) is 0.520. The van der Waals surface area contributed by atoms with Gasteiger partial charge in [-0.05, 0) is 55.7 Å². The Bertz CT molecular complexity index is 1390. The van der Waals surface area contributed by atoms with Gasteiger partial charge in [-0.3, -0.25) is 4.98 Å². The summed E-state index contributed by atoms with van der Waals surface area (Å²) in [5, 5.41) is 14.8. The van der Waals surface area contributed by atoms with Crippen LogP contribution in [-0.4, -0.2) is 48.8 Å². The van der Waals surface area contributed by atoms with E-state index in [4.69, 9.17) is 5.11 Å². The van der Waals surface area contributed by atoms with E-state index in [-0.39, 0.29) is 5.82 Å². The monoisotopic (exact) mass is 417 g/mol. The molecule has 1 aromatic carbocycles. The van der Waals surface area contributed by atoms with Crippen LogP contribution < -0.4 is 0 Å². The van der Waals surface area contributed by atoms with Crippen molar-refractivity contribution in [1.82, 2.24) is 24.5 Å². The molecule has 31 heavy (non-hydrogen) atoms. The molecule has 0 atom stereocenters. The number of pyridine rings is 1. The molecule has 1 aliphatic rings. The molecule has 156 valence electrons. The van der Waals surface area contributed by atoms with Gasteiger partial charge in [0.25, 0.3) is 0 Å². The van der Waals surface area contributed by atoms with Gasteiger partial charge in [-0.1, -0.05) is 6.08 Å². The molecule has 3 aromatic heterocycles. The predicted molar refractivity (Wildman–Crippen MR) is 115 cm³/mol. The van der Waals surface area contributed by atoms with Crippen LogP contribution in [-0.2, 0) is 0 Å². The van der Waals surface area contributed by atoms with Crippen molar-refractivity contribution in [1.29, 1.82) is 0 Å². The van der Waals surface area contributed by atoms with Gasteiger partial charge < -0.3 is 10.0 Å². The van der Waals surface area contributed by atoms with Crippen LogP contribution in [0.5, 0.6) is 0 Å². The van der Waals surface area contributed by atoms with Crippen molar-refractivity contribution < 1.29 is 14.3 Å². The lowest BCUT2D eigenvalue weighted by atomic mass is 10.0. The zero-order valence-corrected chi connectivity index (χ0v) is 17.1. The summed E-state index contributed by atoms with van der Waals surface area (Å²) in [6.45, 7) is 4.59. The number of hydrogen-bond acceptors (Lipinski definition) is 4. The van der Waals surface area contributed by atoms with Crippen molar-refractivity contribution in [2.75, 3.05) is 13.1 Å². The molecule has 4 aromatic rings. The Hall–Kier alpha value is -3.81. The minimum Gasteiger partial charge on any atom is -0.465 e. The van der Waals surface area contributed by atoms with Crippen molar-refractivity contribution in [3.05, 3.63) is 65.5 Å². The van der Waals surface area contributed by atoms with Gasteiger partial charge in [0, 0.05) is 35.6 Å². The van der Waals surface area contributed by atoms with E-state index in [1.165, 1.54) is 11.0 Å². The second-order valence-electron chi connectivity index (χ2n) is 7.82. The highest BCUT2D eigenvalue weighted by atomic mass is 19.1. The second-order valence-corrected chi connectivity index (χ2v) is 7.82. The summed E-state index contributed by atoms with van der Waals surface area (Å²) in [6.07, 6.45) is 4.97. The van der Waals surface area contributed by atoms with E-state index < -0.39 is 6.09 Å². The average Bonchev–Trinajstić information content (AvgIpc) is 3.14. The zero-order chi connectivity index (χ0) is 21.7. The maximum absolute atomic E-state index is 15.1. The van der Waals surface area contributed by atoms with Crippen molar-refractivity contribution >= 4 is 28.1 Å². The number of rotatable bonds is 2. The number of carbonyl (C=O) groups is 1. The lowest BCUT2D eigenvalue weighted by Crippen LogP contribution is -2.33. The molecule has 0 radical (unpaired) electrons. The maximum atomic E-state index is 15.1. The van der Waals surface area contributed by atoms with Gasteiger partial charge in [-0.25, -0.2) is 18.7 Å². The highest BCUT2D eigenvalue weighted by Crippen LogP contribution is 2.29. The molecule has 7 nitrogen and oxygen atoms in total. The molecule has 0 fully saturated rings. The van der Waals surface area contributed by atoms with Gasteiger partial charge in [0.2, 0.25) is 0 Å². The van der Waals surface area contributed by atoms with Crippen LogP contribution in [0.1, 0.15) is 23.4 Å². The molecule has 1 aliphatic heterocycles. The molecule has 1 amide bonds. The number of hydrogen-bond donors (Lipinski definition) is 1. The van der Waals surface area contributed by atoms with Crippen LogP contribution in [0.15, 0.2) is 42.7 Å². The Kier molecular flexibility index (Phi) is 4.43. The zero-order valence-electron chi connectivity index (χ0n) is 17.1. The van der Waals surface area contributed by atoms with Gasteiger partial charge >= 0.3 is 6.09 Å². The Morgan fingerprint density at radius 1 is 1.16 bits per heavy atom. The molecule has 0 aliphatic carbocycles. The van der Waals surface area contributed by atoms with Crippen LogP contribution >= 0.6 is 0 Å². The molecule has 8 heteroatoms. The van der Waals surface area contributed by atoms with Crippen LogP contribution in [0.25, 0.3) is 33.3 Å². The fraction of sp³-hybridized carbons (Fsp3) is 0.217. The molecule has 1 N–H and O–H groups in total. The van der Waals surface area contributed by atoms with E-state index >= 15 is 4.39 Å². The van der Waals surface area contributed by atoms with Crippen molar-refractivity contribution in [3.63, 3.8) is 0 Å². The molecular formula is C23H20FN5O2. The van der Waals surface area contributed by atoms with E-state index in [1.54, 1.807) is 16.8 Å². The van der Waals surface area contributed by atoms with E-state index in [0.717, 1.165) is 22.5 Å². The SMILES string of the molecule is Cc1cn2nc(-c3cc(F)c4cc(C5=CCN(C(=O)O)CC5)ncc4c3)cc(C)c2n1. The first-order chi connectivity index (χ1) is 14.9. The number of imidazole rings is 1. The smallest absolute Gasteiger partial charge is 0.407 e. The Morgan fingerprint density at radius 3 is 2.74 bits per heavy atom. The highest BCUT2D eigenvalue weighted by molar-refractivity contribution is 5.89. The summed E-state index contributed by atoms with van der Waals surface area (Å²) in [7, 11) is 0. The van der Waals surface area contributed by atoms with Crippen LogP contribution in [0.4, 0.5) is 9.18 Å². The lowest BCUT2D eigenvalue weighted by Gasteiger charge is -2.23. The molecule has 0 bridgehead atoms. The van der Waals surface area contributed by atoms with Crippen LogP contribution in [0, 0.1) is 19.7 Å². The molecule has 0 spiro atoms. The molecule has 0 saturated heterocycles. The predicted octanol–water partition coefficient (Wildman–Crippen LogP) is 4.47. The highest BCUT2D eigenvalue weighted by Gasteiger charge is 2.18. The minimum atomic E-state index is -0.937. The minimum absolute atomic E-state index is 0.313. The Balaban J connectivity index is 1.54. The van der Waals surface area contributed by atoms with Crippen LogP contribution in [0.3, 0.4) is 0 Å². The van der Waals surface area contributed by atoms with Crippen LogP contribution in [0.2, 0.25) is 0 Å². The summed E-state index contributed by atoms with van der Waals surface area (Å²) in [5.41, 5.74) is 5.57. The topological polar surface area (TPSA) is 83.6 Å². The molecule has 0 unspecified atom stereocenters. The first-order valence-corrected chi connectivity index (χ1v) is 9.99. The number of aromatic nitrogens is 4. The number of fused-ring (bicyclic) bond motifs is 2. The second kappa shape index (κ2) is 7.16. The molecule has 0 saturated carbocycles. The summed E-state index contributed by atoms with van der Waals surface area (Å²) in [5.74, 6) is -0.346. The maximum Gasteiger partial charge on any atom is 0.407 e. The van der Waals surface area contributed by atoms with Gasteiger partial charge in [0.1, 0.15) is 5.82 Å². The summed E-state index contributed by atoms with van der Waals surface area (Å²) >= 11 is 0. The Morgan fingerprint density at radius 2 is 2.00 bits per heavy atom. The number of nitrogens with zero attached hydrogens (tertiary/aromatic N) is 5. The van der Waals surface area contributed by atoms with Crippen molar-refractivity contribution in [3.8, 4) is 11.3 Å². The van der Waals surface area contributed by atoms with E-state index in [2.05, 4.69) is 15.1 Å². The average molecular weight is 417 g/mol. The summed E-state index contributed by atoms with van der Waals surface area (Å²) in [4.78, 5) is 21.4. The third kappa shape index (κ3) is 3.39. The standard InChI is InChI=1S/C23H20FN5O2/c1-13-7-21(27-29-12-14(2)26-22(13)29)16-8-17-11-25-20(10-18(17)19(24)9-16)15-3-5-28(6-4-15)23(30)31/h3,7-12H,4-6H2,1-2H3,(H,30,31). The van der Waals surface area contributed by atoms with E-state index in [1.807, 2.05) is 38.3 Å². The van der Waals surface area contributed by atoms with Gasteiger partial charge in [-0.2, -0.15) is 5.10 Å². The van der Waals surface area contributed by atoms with Gasteiger partial charge in [-0.15, -0.1) is 0 Å². The van der Waals surface area contributed by atoms with E-state index in [9.17, 15) is 4.79 Å². The third-order valence-corrected chi connectivity index (χ3v) is 5.62. The summed E-state index contributed by atoms with van der Waals surface area (Å²) in [6, 6.07) is 7.02. The van der Waals surface area contributed by atoms with Gasteiger partial charge in [0.05, 0.1) is 23.3 Å². The van der Waals surface area contributed by atoms with Crippen molar-refractivity contribution in [2.24, 2.45) is 0 Å². The van der Waals surface area contributed by atoms with Crippen molar-refractivity contribution in [2.45, 2.75) is 20.3 Å². The molecule has 5 rings (SSSR count). The molecular weight excluding hydrogens is 397 g/mol. The number of carboxylic acid groups (broad SMARTS) is 1. The Labute approximate surface area is 177 Å². The van der Waals surface area contributed by atoms with Gasteiger partial charge in [0.15, 0.2) is 5.65 Å². The first kappa shape index (κ1) is 19.2. The van der Waals surface area contributed by atoms with E-state index in [0.29, 0.717) is 47.2 Å². The normalized spacial score (nSPS) is 14.3. The fourth-order valence-electron chi connectivity index (χ4n) is 4.00. The number of benzene rings is 1. The third-order valence-electron chi connectivity index (χ3n) is 5.62. The first-order valence-electron chi connectivity index (χ1n) is 9.99. The number of aryl methyl sites for hydroxylation is 2. The number of halogens is 1. The number of amides is 1. The molecule has 4 heterocycles. The summed E-state index contributed by atoms with van der Waals surface area (Å²) < 4.78 is 16.8. The largest absolute Gasteiger partial charge is 0.465 e. The lowest BCUT2D eigenvalue weighted by molar-refractivity contribution is 0.150. The fourth-order valence-corrected chi connectivity index (χ4v) is 4.00.